The summed E-state index contributed by atoms with van der Waals surface area (Å²) < 4.78 is 4.21. The van der Waals surface area contributed by atoms with E-state index < -0.39 is 0 Å². The molecule has 0 spiro atoms. The van der Waals surface area contributed by atoms with Crippen LogP contribution in [0.15, 0.2) is 41.8 Å². The Morgan fingerprint density at radius 1 is 1.26 bits per heavy atom. The molecule has 23 heavy (non-hydrogen) atoms. The van der Waals surface area contributed by atoms with E-state index in [1.165, 1.54) is 15.3 Å². The monoisotopic (exact) mass is 344 g/mol. The van der Waals surface area contributed by atoms with Crippen LogP contribution in [-0.4, -0.2) is 26.3 Å². The maximum Gasteiger partial charge on any atom is 0.225 e. The van der Waals surface area contributed by atoms with E-state index in [1.807, 2.05) is 46.4 Å². The van der Waals surface area contributed by atoms with Crippen molar-refractivity contribution in [2.45, 2.75) is 26.1 Å². The molecule has 3 heterocycles. The fraction of sp³-hybridized carbons (Fsp3) is 0.312. The number of fused-ring (bicyclic) bond motifs is 1. The van der Waals surface area contributed by atoms with Gasteiger partial charge in [-0.15, -0.1) is 11.3 Å². The predicted octanol–water partition coefficient (Wildman–Crippen LogP) is 2.02. The van der Waals surface area contributed by atoms with Gasteiger partial charge in [0.05, 0.1) is 12.2 Å². The lowest BCUT2D eigenvalue weighted by atomic mass is 10.0. The van der Waals surface area contributed by atoms with E-state index in [4.69, 9.17) is 12.2 Å². The molecule has 7 heteroatoms. The Kier molecular flexibility index (Phi) is 3.84. The highest BCUT2D eigenvalue weighted by atomic mass is 32.1. The Morgan fingerprint density at radius 3 is 2.91 bits per heavy atom. The van der Waals surface area contributed by atoms with Crippen LogP contribution in [0.4, 0.5) is 0 Å². The average Bonchev–Trinajstić information content (AvgIpc) is 3.19. The maximum absolute atomic E-state index is 5.57. The summed E-state index contributed by atoms with van der Waals surface area (Å²) in [5.41, 5.74) is 2.42. The van der Waals surface area contributed by atoms with Crippen molar-refractivity contribution in [3.8, 4) is 5.69 Å². The van der Waals surface area contributed by atoms with Gasteiger partial charge in [-0.1, -0.05) is 18.2 Å². The molecule has 0 saturated heterocycles. The minimum atomic E-state index is 0.466. The zero-order valence-corrected chi connectivity index (χ0v) is 14.5. The number of quaternary nitrogens is 1. The smallest absolute Gasteiger partial charge is 0.225 e. The molecule has 1 aliphatic heterocycles. The molecule has 0 radical (unpaired) electrons. The molecule has 0 bridgehead atoms. The van der Waals surface area contributed by atoms with Gasteiger partial charge in [0.15, 0.2) is 6.67 Å². The molecular formula is C16H18N5S2+. The zero-order chi connectivity index (χ0) is 15.8. The lowest BCUT2D eigenvalue weighted by Gasteiger charge is -2.29. The number of hydrogen-bond donors (Lipinski definition) is 1. The van der Waals surface area contributed by atoms with Crippen LogP contribution >= 0.6 is 23.6 Å². The van der Waals surface area contributed by atoms with E-state index in [9.17, 15) is 0 Å². The standard InChI is InChI=1S/C16H17N5S2/c1-12-14-8-10-23-15(14)7-9-19(12)11-20-16(22)21(18-17-20)13-5-3-2-4-6-13/h2-6,8,10,12H,7,9,11H2,1H3/p+1/t12-/m1/s1. The third kappa shape index (κ3) is 2.65. The SMILES string of the molecule is C[C@@H]1c2ccsc2CC[NH+]1Cn1nnn(-c2ccccc2)c1=S. The summed E-state index contributed by atoms with van der Waals surface area (Å²) in [6.07, 6.45) is 1.13. The summed E-state index contributed by atoms with van der Waals surface area (Å²) in [7, 11) is 0. The van der Waals surface area contributed by atoms with Gasteiger partial charge >= 0.3 is 0 Å². The van der Waals surface area contributed by atoms with Crippen molar-refractivity contribution < 1.29 is 4.90 Å². The van der Waals surface area contributed by atoms with E-state index in [0.29, 0.717) is 10.8 Å². The fourth-order valence-corrected chi connectivity index (χ4v) is 4.39. The first-order valence-electron chi connectivity index (χ1n) is 7.73. The average molecular weight is 344 g/mol. The van der Waals surface area contributed by atoms with Gasteiger partial charge in [-0.2, -0.15) is 9.36 Å². The van der Waals surface area contributed by atoms with E-state index >= 15 is 0 Å². The largest absolute Gasteiger partial charge is 0.310 e. The number of nitrogens with one attached hydrogen (secondary N) is 1. The molecule has 1 N–H and O–H groups in total. The highest BCUT2D eigenvalue weighted by Crippen LogP contribution is 2.24. The summed E-state index contributed by atoms with van der Waals surface area (Å²) in [5, 5.41) is 10.7. The molecule has 1 aromatic carbocycles. The summed E-state index contributed by atoms with van der Waals surface area (Å²) in [5.74, 6) is 0. The molecule has 0 aliphatic carbocycles. The molecule has 4 rings (SSSR count). The molecular weight excluding hydrogens is 326 g/mol. The number of hydrogen-bond acceptors (Lipinski definition) is 4. The number of rotatable bonds is 3. The second-order valence-electron chi connectivity index (χ2n) is 5.85. The quantitative estimate of drug-likeness (QED) is 0.739. The topological polar surface area (TPSA) is 40.1 Å². The Balaban J connectivity index is 1.59. The predicted molar refractivity (Wildman–Crippen MR) is 92.5 cm³/mol. The molecule has 5 nitrogen and oxygen atoms in total. The van der Waals surface area contributed by atoms with Crippen molar-refractivity contribution in [2.75, 3.05) is 6.54 Å². The molecule has 1 aliphatic rings. The molecule has 2 atom stereocenters. The number of benzene rings is 1. The summed E-state index contributed by atoms with van der Waals surface area (Å²) in [4.78, 5) is 3.00. The van der Waals surface area contributed by atoms with Crippen molar-refractivity contribution in [2.24, 2.45) is 0 Å². The van der Waals surface area contributed by atoms with Gasteiger partial charge in [0.1, 0.15) is 6.04 Å². The van der Waals surface area contributed by atoms with Crippen molar-refractivity contribution >= 4 is 23.6 Å². The van der Waals surface area contributed by atoms with Crippen LogP contribution < -0.4 is 4.90 Å². The second-order valence-corrected chi connectivity index (χ2v) is 7.21. The van der Waals surface area contributed by atoms with E-state index in [-0.39, 0.29) is 0 Å². The molecule has 0 saturated carbocycles. The van der Waals surface area contributed by atoms with Gasteiger partial charge in [-0.25, -0.2) is 0 Å². The summed E-state index contributed by atoms with van der Waals surface area (Å²) in [6, 6.07) is 12.6. The maximum atomic E-state index is 5.57. The first-order valence-corrected chi connectivity index (χ1v) is 9.02. The van der Waals surface area contributed by atoms with Crippen LogP contribution in [0.2, 0.25) is 0 Å². The summed E-state index contributed by atoms with van der Waals surface area (Å²) >= 11 is 7.43. The number of para-hydroxylation sites is 1. The van der Waals surface area contributed by atoms with E-state index in [2.05, 4.69) is 28.8 Å². The highest BCUT2D eigenvalue weighted by Gasteiger charge is 2.28. The first-order chi connectivity index (χ1) is 11.2. The van der Waals surface area contributed by atoms with Crippen LogP contribution in [0.25, 0.3) is 5.69 Å². The van der Waals surface area contributed by atoms with Gasteiger partial charge in [0.25, 0.3) is 0 Å². The third-order valence-corrected chi connectivity index (χ3v) is 5.91. The van der Waals surface area contributed by atoms with Crippen LogP contribution in [0, 0.1) is 4.77 Å². The minimum absolute atomic E-state index is 0.466. The Labute approximate surface area is 143 Å². The fourth-order valence-electron chi connectivity index (χ4n) is 3.16. The van der Waals surface area contributed by atoms with Crippen molar-refractivity contribution in [3.63, 3.8) is 0 Å². The van der Waals surface area contributed by atoms with Crippen molar-refractivity contribution in [1.29, 1.82) is 0 Å². The van der Waals surface area contributed by atoms with Gasteiger partial charge in [0, 0.05) is 16.9 Å². The van der Waals surface area contributed by atoms with Crippen molar-refractivity contribution in [3.05, 3.63) is 57.0 Å². The zero-order valence-electron chi connectivity index (χ0n) is 12.8. The van der Waals surface area contributed by atoms with Crippen LogP contribution in [-0.2, 0) is 13.1 Å². The third-order valence-electron chi connectivity index (χ3n) is 4.52. The lowest BCUT2D eigenvalue weighted by Crippen LogP contribution is -3.12. The normalized spacial score (nSPS) is 20.4. The van der Waals surface area contributed by atoms with Gasteiger partial charge in [-0.05, 0) is 53.1 Å². The van der Waals surface area contributed by atoms with Crippen LogP contribution in [0.1, 0.15) is 23.4 Å². The Bertz CT molecular complexity index is 864. The molecule has 3 aromatic rings. The Morgan fingerprint density at radius 2 is 2.09 bits per heavy atom. The number of thiophene rings is 1. The molecule has 118 valence electrons. The molecule has 2 aromatic heterocycles. The highest BCUT2D eigenvalue weighted by molar-refractivity contribution is 7.71. The van der Waals surface area contributed by atoms with E-state index in [1.54, 1.807) is 4.68 Å². The van der Waals surface area contributed by atoms with Gasteiger partial charge in [0.2, 0.25) is 4.77 Å². The minimum Gasteiger partial charge on any atom is -0.310 e. The molecule has 1 unspecified atom stereocenters. The van der Waals surface area contributed by atoms with E-state index in [0.717, 1.165) is 25.3 Å². The lowest BCUT2D eigenvalue weighted by molar-refractivity contribution is -0.954. The van der Waals surface area contributed by atoms with Crippen LogP contribution in [0.5, 0.6) is 0 Å². The van der Waals surface area contributed by atoms with Crippen molar-refractivity contribution in [1.82, 2.24) is 19.8 Å². The van der Waals surface area contributed by atoms with Crippen LogP contribution in [0.3, 0.4) is 0 Å². The second kappa shape index (κ2) is 5.99. The number of aromatic nitrogens is 4. The Hall–Kier alpha value is -1.83. The number of tetrazole rings is 1. The molecule has 0 fully saturated rings. The number of nitrogens with zero attached hydrogens (tertiary/aromatic N) is 4. The van der Waals surface area contributed by atoms with Gasteiger partial charge in [-0.3, -0.25) is 0 Å². The summed E-state index contributed by atoms with van der Waals surface area (Å²) in [6.45, 7) is 4.14. The first kappa shape index (κ1) is 14.7. The molecule has 0 amide bonds. The van der Waals surface area contributed by atoms with Gasteiger partial charge < -0.3 is 4.90 Å².